The third-order valence-corrected chi connectivity index (χ3v) is 4.86. The molecule has 1 aliphatic heterocycles. The van der Waals surface area contributed by atoms with Crippen LogP contribution in [0.4, 0.5) is 4.39 Å². The number of aliphatic hydroxyl groups is 2. The Labute approximate surface area is 179 Å². The van der Waals surface area contributed by atoms with E-state index in [4.69, 9.17) is 14.6 Å². The summed E-state index contributed by atoms with van der Waals surface area (Å²) in [6.45, 7) is 2.34. The molecule has 1 saturated heterocycles. The van der Waals surface area contributed by atoms with Gasteiger partial charge < -0.3 is 24.6 Å². The molecule has 1 aliphatic rings. The van der Waals surface area contributed by atoms with Gasteiger partial charge in [0.1, 0.15) is 17.3 Å². The quantitative estimate of drug-likeness (QED) is 0.275. The summed E-state index contributed by atoms with van der Waals surface area (Å²) in [7, 11) is 0. The number of halogens is 1. The molecule has 2 N–H and O–H groups in total. The number of aliphatic hydroxyl groups excluding tert-OH is 2. The average molecular weight is 429 g/mol. The summed E-state index contributed by atoms with van der Waals surface area (Å²) in [6.07, 6.45) is 0. The number of likely N-dealkylation sites (tertiary alicyclic amines) is 1. The number of hydrogen-bond donors (Lipinski definition) is 2. The molecule has 31 heavy (non-hydrogen) atoms. The van der Waals surface area contributed by atoms with E-state index < -0.39 is 23.5 Å². The van der Waals surface area contributed by atoms with Crippen LogP contribution in [0.15, 0.2) is 54.1 Å². The van der Waals surface area contributed by atoms with Gasteiger partial charge in [0.05, 0.1) is 38.0 Å². The summed E-state index contributed by atoms with van der Waals surface area (Å²) in [5.74, 6) is -1.95. The third-order valence-electron chi connectivity index (χ3n) is 4.86. The van der Waals surface area contributed by atoms with E-state index in [9.17, 15) is 19.1 Å². The SMILES string of the molecule is CCOc1ccc(C(O)=C2C(=O)C(=O)N(CCOCCO)C2c2cccc(F)c2)cc1. The van der Waals surface area contributed by atoms with Gasteiger partial charge in [-0.05, 0) is 48.9 Å². The number of amides is 1. The lowest BCUT2D eigenvalue weighted by Gasteiger charge is -2.25. The van der Waals surface area contributed by atoms with E-state index >= 15 is 0 Å². The first-order chi connectivity index (χ1) is 15.0. The zero-order valence-corrected chi connectivity index (χ0v) is 17.1. The van der Waals surface area contributed by atoms with Crippen molar-refractivity contribution in [2.75, 3.05) is 33.0 Å². The molecule has 3 rings (SSSR count). The highest BCUT2D eigenvalue weighted by Crippen LogP contribution is 2.39. The van der Waals surface area contributed by atoms with Crippen LogP contribution < -0.4 is 4.74 Å². The smallest absolute Gasteiger partial charge is 0.295 e. The monoisotopic (exact) mass is 429 g/mol. The zero-order valence-electron chi connectivity index (χ0n) is 17.1. The number of hydrogen-bond acceptors (Lipinski definition) is 6. The van der Waals surface area contributed by atoms with E-state index in [1.54, 1.807) is 30.3 Å². The molecule has 1 fully saturated rings. The number of rotatable bonds is 9. The second-order valence-corrected chi connectivity index (χ2v) is 6.84. The molecule has 2 aromatic carbocycles. The molecular weight excluding hydrogens is 405 g/mol. The van der Waals surface area contributed by atoms with Crippen molar-refractivity contribution in [2.45, 2.75) is 13.0 Å². The number of ketones is 1. The summed E-state index contributed by atoms with van der Waals surface area (Å²) in [5, 5.41) is 19.8. The van der Waals surface area contributed by atoms with Gasteiger partial charge in [-0.25, -0.2) is 4.39 Å². The molecule has 1 heterocycles. The van der Waals surface area contributed by atoms with Crippen LogP contribution in [0, 0.1) is 5.82 Å². The number of carbonyl (C=O) groups is 2. The van der Waals surface area contributed by atoms with Gasteiger partial charge in [-0.2, -0.15) is 0 Å². The predicted octanol–water partition coefficient (Wildman–Crippen LogP) is 2.66. The maximum absolute atomic E-state index is 13.9. The van der Waals surface area contributed by atoms with E-state index in [2.05, 4.69) is 0 Å². The number of Topliss-reactive ketones (excluding diaryl/α,β-unsaturated/α-hetero) is 1. The van der Waals surface area contributed by atoms with E-state index in [1.807, 2.05) is 6.92 Å². The fraction of sp³-hybridized carbons (Fsp3) is 0.304. The fourth-order valence-corrected chi connectivity index (χ4v) is 3.49. The lowest BCUT2D eigenvalue weighted by Crippen LogP contribution is -2.33. The van der Waals surface area contributed by atoms with Crippen molar-refractivity contribution >= 4 is 17.4 Å². The second-order valence-electron chi connectivity index (χ2n) is 6.84. The molecule has 0 aliphatic carbocycles. The molecular formula is C23H24FNO6. The van der Waals surface area contributed by atoms with Gasteiger partial charge >= 0.3 is 0 Å². The van der Waals surface area contributed by atoms with Gasteiger partial charge in [0.15, 0.2) is 0 Å². The highest BCUT2D eigenvalue weighted by Gasteiger charge is 2.46. The molecule has 0 radical (unpaired) electrons. The molecule has 1 unspecified atom stereocenters. The molecule has 2 aromatic rings. The van der Waals surface area contributed by atoms with Crippen LogP contribution in [-0.4, -0.2) is 59.8 Å². The summed E-state index contributed by atoms with van der Waals surface area (Å²) >= 11 is 0. The fourth-order valence-electron chi connectivity index (χ4n) is 3.49. The molecule has 8 heteroatoms. The van der Waals surface area contributed by atoms with Crippen molar-refractivity contribution in [1.29, 1.82) is 0 Å². The summed E-state index contributed by atoms with van der Waals surface area (Å²) < 4.78 is 24.5. The molecule has 7 nitrogen and oxygen atoms in total. The van der Waals surface area contributed by atoms with Crippen LogP contribution in [0.1, 0.15) is 24.1 Å². The van der Waals surface area contributed by atoms with Crippen molar-refractivity contribution in [3.05, 3.63) is 71.0 Å². The Hall–Kier alpha value is -3.23. The first kappa shape index (κ1) is 22.5. The second kappa shape index (κ2) is 10.2. The Morgan fingerprint density at radius 3 is 2.52 bits per heavy atom. The molecule has 0 aromatic heterocycles. The maximum Gasteiger partial charge on any atom is 0.295 e. The standard InChI is InChI=1S/C23H24FNO6/c1-2-31-18-8-6-15(7-9-18)21(27)19-20(16-4-3-5-17(24)14-16)25(23(29)22(19)28)10-12-30-13-11-26/h3-9,14,20,26-27H,2,10-13H2,1H3. The number of carbonyl (C=O) groups excluding carboxylic acids is 2. The Morgan fingerprint density at radius 1 is 1.13 bits per heavy atom. The molecule has 0 bridgehead atoms. The predicted molar refractivity (Wildman–Crippen MR) is 111 cm³/mol. The highest BCUT2D eigenvalue weighted by molar-refractivity contribution is 6.46. The van der Waals surface area contributed by atoms with E-state index in [1.165, 1.54) is 23.1 Å². The number of nitrogens with zero attached hydrogens (tertiary/aromatic N) is 1. The zero-order chi connectivity index (χ0) is 22.4. The van der Waals surface area contributed by atoms with Crippen LogP contribution in [0.5, 0.6) is 5.75 Å². The highest BCUT2D eigenvalue weighted by atomic mass is 19.1. The molecule has 1 amide bonds. The van der Waals surface area contributed by atoms with Crippen LogP contribution in [0.2, 0.25) is 0 Å². The molecule has 0 spiro atoms. The third kappa shape index (κ3) is 4.92. The normalized spacial score (nSPS) is 17.9. The lowest BCUT2D eigenvalue weighted by atomic mass is 9.95. The van der Waals surface area contributed by atoms with Crippen LogP contribution in [0.25, 0.3) is 5.76 Å². The van der Waals surface area contributed by atoms with E-state index in [-0.39, 0.29) is 37.7 Å². The minimum absolute atomic E-state index is 0.0335. The van der Waals surface area contributed by atoms with Gasteiger partial charge in [0.25, 0.3) is 11.7 Å². The Kier molecular flexibility index (Phi) is 7.38. The van der Waals surface area contributed by atoms with E-state index in [0.717, 1.165) is 0 Å². The lowest BCUT2D eigenvalue weighted by molar-refractivity contribution is -0.140. The minimum atomic E-state index is -0.972. The van der Waals surface area contributed by atoms with Crippen molar-refractivity contribution in [2.24, 2.45) is 0 Å². The molecule has 1 atom stereocenters. The first-order valence-corrected chi connectivity index (χ1v) is 9.93. The average Bonchev–Trinajstić information content (AvgIpc) is 3.02. The maximum atomic E-state index is 13.9. The van der Waals surface area contributed by atoms with Crippen LogP contribution in [-0.2, 0) is 14.3 Å². The number of ether oxygens (including phenoxy) is 2. The van der Waals surface area contributed by atoms with Gasteiger partial charge in [-0.1, -0.05) is 12.1 Å². The molecule has 0 saturated carbocycles. The van der Waals surface area contributed by atoms with Crippen molar-refractivity contribution in [3.63, 3.8) is 0 Å². The van der Waals surface area contributed by atoms with E-state index in [0.29, 0.717) is 23.5 Å². The van der Waals surface area contributed by atoms with Gasteiger partial charge in [0.2, 0.25) is 0 Å². The van der Waals surface area contributed by atoms with Crippen molar-refractivity contribution < 1.29 is 33.7 Å². The Bertz CT molecular complexity index is 972. The van der Waals surface area contributed by atoms with Crippen molar-refractivity contribution in [1.82, 2.24) is 4.90 Å². The summed E-state index contributed by atoms with van der Waals surface area (Å²) in [6, 6.07) is 11.0. The minimum Gasteiger partial charge on any atom is -0.507 e. The van der Waals surface area contributed by atoms with Crippen LogP contribution in [0.3, 0.4) is 0 Å². The summed E-state index contributed by atoms with van der Waals surface area (Å²) in [5.41, 5.74) is 0.565. The Morgan fingerprint density at radius 2 is 1.87 bits per heavy atom. The Balaban J connectivity index is 2.03. The van der Waals surface area contributed by atoms with Gasteiger partial charge in [0, 0.05) is 12.1 Å². The largest absolute Gasteiger partial charge is 0.507 e. The molecule has 164 valence electrons. The number of benzene rings is 2. The van der Waals surface area contributed by atoms with Crippen molar-refractivity contribution in [3.8, 4) is 5.75 Å². The topological polar surface area (TPSA) is 96.3 Å². The van der Waals surface area contributed by atoms with Gasteiger partial charge in [-0.15, -0.1) is 0 Å². The summed E-state index contributed by atoms with van der Waals surface area (Å²) in [4.78, 5) is 26.8. The first-order valence-electron chi connectivity index (χ1n) is 9.93. The van der Waals surface area contributed by atoms with Gasteiger partial charge in [-0.3, -0.25) is 9.59 Å². The van der Waals surface area contributed by atoms with Crippen LogP contribution >= 0.6 is 0 Å².